The van der Waals surface area contributed by atoms with Gasteiger partial charge >= 0.3 is 0 Å². The van der Waals surface area contributed by atoms with E-state index in [1.807, 2.05) is 12.1 Å². The van der Waals surface area contributed by atoms with Crippen LogP contribution in [-0.4, -0.2) is 20.7 Å². The lowest BCUT2D eigenvalue weighted by Gasteiger charge is -2.03. The summed E-state index contributed by atoms with van der Waals surface area (Å²) in [5, 5.41) is 0. The Balaban J connectivity index is 2.81. The van der Waals surface area contributed by atoms with Crippen molar-refractivity contribution >= 4 is 9.84 Å². The third kappa shape index (κ3) is 3.32. The maximum Gasteiger partial charge on any atom is 0.178 e. The van der Waals surface area contributed by atoms with Crippen molar-refractivity contribution in [2.45, 2.75) is 24.7 Å². The van der Waals surface area contributed by atoms with Gasteiger partial charge in [0.05, 0.1) is 10.6 Å². The molecule has 0 radical (unpaired) electrons. The van der Waals surface area contributed by atoms with E-state index in [1.165, 1.54) is 0 Å². The lowest BCUT2D eigenvalue weighted by molar-refractivity contribution is 0.597. The van der Waals surface area contributed by atoms with Crippen LogP contribution in [0.1, 0.15) is 18.9 Å². The normalized spacial score (nSPS) is 11.6. The Bertz CT molecular complexity index is 395. The fourth-order valence-corrected chi connectivity index (χ4v) is 2.22. The van der Waals surface area contributed by atoms with Gasteiger partial charge in [-0.3, -0.25) is 0 Å². The van der Waals surface area contributed by atoms with Gasteiger partial charge in [-0.15, -0.1) is 0 Å². The van der Waals surface area contributed by atoms with Crippen LogP contribution in [0.4, 0.5) is 0 Å². The monoisotopic (exact) mass is 227 g/mol. The van der Waals surface area contributed by atoms with E-state index in [1.54, 1.807) is 19.1 Å². The molecule has 0 bridgehead atoms. The molecule has 0 amide bonds. The minimum atomic E-state index is -3.06. The summed E-state index contributed by atoms with van der Waals surface area (Å²) in [6.45, 7) is 2.31. The predicted octanol–water partition coefficient (Wildman–Crippen LogP) is 1.37. The Morgan fingerprint density at radius 3 is 2.27 bits per heavy atom. The smallest absolute Gasteiger partial charge is 0.178 e. The zero-order valence-electron chi connectivity index (χ0n) is 8.94. The van der Waals surface area contributed by atoms with E-state index >= 15 is 0 Å². The van der Waals surface area contributed by atoms with Gasteiger partial charge in [-0.1, -0.05) is 19.1 Å². The first-order valence-corrected chi connectivity index (χ1v) is 6.77. The van der Waals surface area contributed by atoms with E-state index in [4.69, 9.17) is 5.73 Å². The third-order valence-corrected chi connectivity index (χ3v) is 4.08. The van der Waals surface area contributed by atoms with E-state index in [0.29, 0.717) is 11.4 Å². The highest BCUT2D eigenvalue weighted by Gasteiger charge is 2.10. The van der Waals surface area contributed by atoms with E-state index in [0.717, 1.165) is 18.4 Å². The molecule has 15 heavy (non-hydrogen) atoms. The van der Waals surface area contributed by atoms with E-state index in [-0.39, 0.29) is 5.75 Å². The van der Waals surface area contributed by atoms with Gasteiger partial charge in [0.2, 0.25) is 0 Å². The molecule has 2 N–H and O–H groups in total. The van der Waals surface area contributed by atoms with Crippen LogP contribution in [0.15, 0.2) is 29.2 Å². The molecule has 3 nitrogen and oxygen atoms in total. The summed E-state index contributed by atoms with van der Waals surface area (Å²) in [4.78, 5) is 0.404. The lowest BCUT2D eigenvalue weighted by atomic mass is 10.1. The second kappa shape index (κ2) is 5.28. The van der Waals surface area contributed by atoms with Gasteiger partial charge in [0.25, 0.3) is 0 Å². The van der Waals surface area contributed by atoms with Crippen molar-refractivity contribution in [1.82, 2.24) is 0 Å². The van der Waals surface area contributed by atoms with Gasteiger partial charge in [-0.25, -0.2) is 8.42 Å². The van der Waals surface area contributed by atoms with Crippen molar-refractivity contribution in [3.63, 3.8) is 0 Å². The number of hydrogen-bond acceptors (Lipinski definition) is 3. The van der Waals surface area contributed by atoms with Crippen LogP contribution in [0.2, 0.25) is 0 Å². The largest absolute Gasteiger partial charge is 0.330 e. The second-order valence-electron chi connectivity index (χ2n) is 3.44. The van der Waals surface area contributed by atoms with Gasteiger partial charge in [0.1, 0.15) is 0 Å². The highest BCUT2D eigenvalue weighted by atomic mass is 32.2. The summed E-state index contributed by atoms with van der Waals surface area (Å²) in [7, 11) is -3.06. The van der Waals surface area contributed by atoms with Crippen molar-refractivity contribution < 1.29 is 8.42 Å². The fourth-order valence-electron chi connectivity index (χ4n) is 1.34. The molecule has 1 rings (SSSR count). The number of nitrogens with two attached hydrogens (primary N) is 1. The Kier molecular flexibility index (Phi) is 4.29. The van der Waals surface area contributed by atoms with Gasteiger partial charge in [0, 0.05) is 0 Å². The molecular weight excluding hydrogens is 210 g/mol. The molecule has 4 heteroatoms. The molecule has 0 aromatic heterocycles. The van der Waals surface area contributed by atoms with Crippen LogP contribution in [-0.2, 0) is 16.3 Å². The molecule has 0 aliphatic rings. The predicted molar refractivity (Wildman–Crippen MR) is 61.5 cm³/mol. The van der Waals surface area contributed by atoms with Crippen molar-refractivity contribution in [2.75, 3.05) is 12.3 Å². The molecule has 0 saturated carbocycles. The summed E-state index contributed by atoms with van der Waals surface area (Å²) in [6.07, 6.45) is 1.84. The average Bonchev–Trinajstić information content (AvgIpc) is 2.27. The number of sulfone groups is 1. The van der Waals surface area contributed by atoms with E-state index in [9.17, 15) is 8.42 Å². The van der Waals surface area contributed by atoms with Crippen molar-refractivity contribution in [1.29, 1.82) is 0 Å². The standard InChI is InChI=1S/C11H17NO2S/c1-2-15(13,14)11-7-5-10(6-8-11)4-3-9-12/h5-8H,2-4,9,12H2,1H3. The summed E-state index contributed by atoms with van der Waals surface area (Å²) >= 11 is 0. The highest BCUT2D eigenvalue weighted by Crippen LogP contribution is 2.13. The van der Waals surface area contributed by atoms with Crippen LogP contribution in [0.25, 0.3) is 0 Å². The molecule has 1 aromatic carbocycles. The first-order chi connectivity index (χ1) is 7.10. The minimum Gasteiger partial charge on any atom is -0.330 e. The van der Waals surface area contributed by atoms with Crippen molar-refractivity contribution in [3.05, 3.63) is 29.8 Å². The number of hydrogen-bond donors (Lipinski definition) is 1. The maximum atomic E-state index is 11.5. The van der Waals surface area contributed by atoms with Crippen LogP contribution < -0.4 is 5.73 Å². The van der Waals surface area contributed by atoms with Crippen LogP contribution in [0.3, 0.4) is 0 Å². The molecule has 0 aliphatic carbocycles. The molecule has 0 atom stereocenters. The van der Waals surface area contributed by atoms with Crippen molar-refractivity contribution in [3.8, 4) is 0 Å². The highest BCUT2D eigenvalue weighted by molar-refractivity contribution is 7.91. The van der Waals surface area contributed by atoms with Gasteiger partial charge in [-0.2, -0.15) is 0 Å². The van der Waals surface area contributed by atoms with Crippen molar-refractivity contribution in [2.24, 2.45) is 5.73 Å². The molecule has 0 fully saturated rings. The molecule has 0 aliphatic heterocycles. The SMILES string of the molecule is CCS(=O)(=O)c1ccc(CCCN)cc1. The zero-order valence-corrected chi connectivity index (χ0v) is 9.76. The minimum absolute atomic E-state index is 0.148. The first-order valence-electron chi connectivity index (χ1n) is 5.12. The van der Waals surface area contributed by atoms with Crippen LogP contribution in [0, 0.1) is 0 Å². The Labute approximate surface area is 91.2 Å². The summed E-state index contributed by atoms with van der Waals surface area (Å²) in [5.74, 6) is 0.148. The average molecular weight is 227 g/mol. The van der Waals surface area contributed by atoms with Crippen LogP contribution >= 0.6 is 0 Å². The quantitative estimate of drug-likeness (QED) is 0.826. The van der Waals surface area contributed by atoms with E-state index < -0.39 is 9.84 Å². The Hall–Kier alpha value is -0.870. The summed E-state index contributed by atoms with van der Waals surface area (Å²) in [6, 6.07) is 7.06. The fraction of sp³-hybridized carbons (Fsp3) is 0.455. The lowest BCUT2D eigenvalue weighted by Crippen LogP contribution is -2.04. The van der Waals surface area contributed by atoms with Crippen LogP contribution in [0.5, 0.6) is 0 Å². The number of rotatable bonds is 5. The Morgan fingerprint density at radius 1 is 1.20 bits per heavy atom. The third-order valence-electron chi connectivity index (χ3n) is 2.33. The summed E-state index contributed by atoms with van der Waals surface area (Å²) < 4.78 is 23.0. The number of aryl methyl sites for hydroxylation is 1. The van der Waals surface area contributed by atoms with Gasteiger partial charge in [-0.05, 0) is 37.1 Å². The topological polar surface area (TPSA) is 60.2 Å². The molecule has 0 spiro atoms. The molecule has 84 valence electrons. The Morgan fingerprint density at radius 2 is 1.80 bits per heavy atom. The van der Waals surface area contributed by atoms with E-state index in [2.05, 4.69) is 0 Å². The van der Waals surface area contributed by atoms with Gasteiger partial charge < -0.3 is 5.73 Å². The van der Waals surface area contributed by atoms with Gasteiger partial charge in [0.15, 0.2) is 9.84 Å². The molecule has 0 saturated heterocycles. The first kappa shape index (κ1) is 12.2. The maximum absolute atomic E-state index is 11.5. The molecule has 1 aromatic rings. The second-order valence-corrected chi connectivity index (χ2v) is 5.72. The molecular formula is C11H17NO2S. The zero-order chi connectivity index (χ0) is 11.3. The molecule has 0 unspecified atom stereocenters. The molecule has 0 heterocycles. The number of benzene rings is 1. The summed E-state index contributed by atoms with van der Waals surface area (Å²) in [5.41, 5.74) is 6.54.